The molecule has 0 unspecified atom stereocenters. The highest BCUT2D eigenvalue weighted by atomic mass is 16.5. The lowest BCUT2D eigenvalue weighted by Crippen LogP contribution is -2.01. The zero-order valence-electron chi connectivity index (χ0n) is 10.4. The van der Waals surface area contributed by atoms with Gasteiger partial charge in [0, 0.05) is 17.0 Å². The molecule has 17 heavy (non-hydrogen) atoms. The van der Waals surface area contributed by atoms with Gasteiger partial charge in [0.15, 0.2) is 11.5 Å². The van der Waals surface area contributed by atoms with Crippen molar-refractivity contribution in [2.45, 2.75) is 20.8 Å². The quantitative estimate of drug-likeness (QED) is 0.773. The Morgan fingerprint density at radius 3 is 2.47 bits per heavy atom. The Balaban J connectivity index is 0.000000686. The van der Waals surface area contributed by atoms with Crippen molar-refractivity contribution in [3.63, 3.8) is 0 Å². The lowest BCUT2D eigenvalue weighted by Gasteiger charge is -2.04. The fourth-order valence-electron chi connectivity index (χ4n) is 1.40. The van der Waals surface area contributed by atoms with Crippen molar-refractivity contribution in [1.29, 1.82) is 0 Å². The smallest absolute Gasteiger partial charge is 0.339 e. The number of fused-ring (bicyclic) bond motifs is 1. The first kappa shape index (κ1) is 13.1. The molecule has 0 amide bonds. The van der Waals surface area contributed by atoms with Gasteiger partial charge in [0.05, 0.1) is 7.11 Å². The Bertz CT molecular complexity index is 569. The zero-order valence-corrected chi connectivity index (χ0v) is 10.4. The largest absolute Gasteiger partial charge is 0.504 e. The number of phenolic OH excluding ortho intramolecular Hbond substituents is 1. The number of hydrogen-bond donors (Lipinski definition) is 1. The molecule has 2 rings (SSSR count). The van der Waals surface area contributed by atoms with Gasteiger partial charge < -0.3 is 14.3 Å². The standard InChI is InChI=1S/C11H10O4.C2H6/c1-6-3-7-4-10(14-2)8(12)5-9(7)15-11(6)13;1-2/h3-5,12H,1-2H3;1-2H3. The van der Waals surface area contributed by atoms with Crippen LogP contribution in [0, 0.1) is 6.92 Å². The third kappa shape index (κ3) is 2.58. The van der Waals surface area contributed by atoms with Crippen LogP contribution in [0.25, 0.3) is 11.0 Å². The lowest BCUT2D eigenvalue weighted by molar-refractivity contribution is 0.373. The summed E-state index contributed by atoms with van der Waals surface area (Å²) in [5.41, 5.74) is 0.478. The summed E-state index contributed by atoms with van der Waals surface area (Å²) in [6, 6.07) is 4.69. The molecular formula is C13H16O4. The van der Waals surface area contributed by atoms with Gasteiger partial charge in [-0.3, -0.25) is 0 Å². The maximum absolute atomic E-state index is 11.2. The molecule has 1 heterocycles. The van der Waals surface area contributed by atoms with Crippen molar-refractivity contribution in [1.82, 2.24) is 0 Å². The van der Waals surface area contributed by atoms with Crippen LogP contribution in [0.5, 0.6) is 11.5 Å². The molecule has 0 aliphatic heterocycles. The van der Waals surface area contributed by atoms with Crippen LogP contribution >= 0.6 is 0 Å². The van der Waals surface area contributed by atoms with Crippen LogP contribution in [0.3, 0.4) is 0 Å². The Morgan fingerprint density at radius 2 is 1.88 bits per heavy atom. The molecule has 0 spiro atoms. The first-order valence-corrected chi connectivity index (χ1v) is 5.43. The van der Waals surface area contributed by atoms with E-state index in [1.165, 1.54) is 13.2 Å². The summed E-state index contributed by atoms with van der Waals surface area (Å²) in [5.74, 6) is 0.313. The molecule has 92 valence electrons. The maximum Gasteiger partial charge on any atom is 0.339 e. The van der Waals surface area contributed by atoms with Crippen LogP contribution in [-0.4, -0.2) is 12.2 Å². The van der Waals surface area contributed by atoms with Crippen molar-refractivity contribution in [2.24, 2.45) is 0 Å². The molecule has 0 saturated carbocycles. The van der Waals surface area contributed by atoms with Crippen LogP contribution in [0.4, 0.5) is 0 Å². The fourth-order valence-corrected chi connectivity index (χ4v) is 1.40. The van der Waals surface area contributed by atoms with E-state index in [0.29, 0.717) is 16.9 Å². The van der Waals surface area contributed by atoms with Crippen LogP contribution in [-0.2, 0) is 0 Å². The number of methoxy groups -OCH3 is 1. The third-order valence-electron chi connectivity index (χ3n) is 2.21. The third-order valence-corrected chi connectivity index (χ3v) is 2.21. The Hall–Kier alpha value is -1.97. The molecule has 0 aliphatic carbocycles. The summed E-state index contributed by atoms with van der Waals surface area (Å²) in [7, 11) is 1.47. The van der Waals surface area contributed by atoms with Crippen molar-refractivity contribution >= 4 is 11.0 Å². The van der Waals surface area contributed by atoms with Crippen LogP contribution in [0.2, 0.25) is 0 Å². The lowest BCUT2D eigenvalue weighted by atomic mass is 10.2. The van der Waals surface area contributed by atoms with Gasteiger partial charge in [0.25, 0.3) is 0 Å². The predicted molar refractivity (Wildman–Crippen MR) is 66.8 cm³/mol. The minimum absolute atomic E-state index is 0.0444. The van der Waals surface area contributed by atoms with Gasteiger partial charge in [-0.05, 0) is 19.1 Å². The Kier molecular flexibility index (Phi) is 4.15. The van der Waals surface area contributed by atoms with Crippen molar-refractivity contribution in [3.05, 3.63) is 34.2 Å². The van der Waals surface area contributed by atoms with Gasteiger partial charge in [0.1, 0.15) is 5.58 Å². The zero-order chi connectivity index (χ0) is 13.0. The summed E-state index contributed by atoms with van der Waals surface area (Å²) >= 11 is 0. The second-order valence-corrected chi connectivity index (χ2v) is 3.28. The molecule has 0 fully saturated rings. The molecule has 4 nitrogen and oxygen atoms in total. The average Bonchev–Trinajstić information content (AvgIpc) is 2.33. The van der Waals surface area contributed by atoms with Gasteiger partial charge in [-0.2, -0.15) is 0 Å². The number of rotatable bonds is 1. The van der Waals surface area contributed by atoms with Crippen LogP contribution in [0.15, 0.2) is 27.4 Å². The molecule has 0 bridgehead atoms. The molecule has 0 atom stereocenters. The van der Waals surface area contributed by atoms with Crippen molar-refractivity contribution in [2.75, 3.05) is 7.11 Å². The number of aryl methyl sites for hydroxylation is 1. The molecule has 0 radical (unpaired) electrons. The molecule has 2 aromatic rings. The summed E-state index contributed by atoms with van der Waals surface area (Å²) < 4.78 is 9.96. The highest BCUT2D eigenvalue weighted by Gasteiger charge is 2.07. The average molecular weight is 236 g/mol. The van der Waals surface area contributed by atoms with E-state index in [9.17, 15) is 9.90 Å². The van der Waals surface area contributed by atoms with Crippen LogP contribution < -0.4 is 10.4 Å². The van der Waals surface area contributed by atoms with Gasteiger partial charge in [-0.25, -0.2) is 4.79 Å². The second kappa shape index (κ2) is 5.39. The van der Waals surface area contributed by atoms with E-state index >= 15 is 0 Å². The summed E-state index contributed by atoms with van der Waals surface area (Å²) in [4.78, 5) is 11.2. The minimum Gasteiger partial charge on any atom is -0.504 e. The van der Waals surface area contributed by atoms with E-state index in [-0.39, 0.29) is 5.75 Å². The van der Waals surface area contributed by atoms with E-state index in [4.69, 9.17) is 9.15 Å². The summed E-state index contributed by atoms with van der Waals surface area (Å²) in [6.07, 6.45) is 0. The highest BCUT2D eigenvalue weighted by molar-refractivity contribution is 5.81. The molecule has 1 aromatic heterocycles. The van der Waals surface area contributed by atoms with E-state index in [2.05, 4.69) is 0 Å². The topological polar surface area (TPSA) is 59.7 Å². The number of benzene rings is 1. The van der Waals surface area contributed by atoms with E-state index in [0.717, 1.165) is 5.39 Å². The number of ether oxygens (including phenoxy) is 1. The van der Waals surface area contributed by atoms with Gasteiger partial charge in [0.2, 0.25) is 0 Å². The highest BCUT2D eigenvalue weighted by Crippen LogP contribution is 2.30. The molecule has 1 N–H and O–H groups in total. The van der Waals surface area contributed by atoms with Crippen LogP contribution in [0.1, 0.15) is 19.4 Å². The molecule has 0 aliphatic rings. The fraction of sp³-hybridized carbons (Fsp3) is 0.308. The van der Waals surface area contributed by atoms with Gasteiger partial charge >= 0.3 is 5.63 Å². The van der Waals surface area contributed by atoms with Gasteiger partial charge in [-0.1, -0.05) is 13.8 Å². The Morgan fingerprint density at radius 1 is 1.24 bits per heavy atom. The van der Waals surface area contributed by atoms with E-state index < -0.39 is 5.63 Å². The minimum atomic E-state index is -0.396. The Labute approximate surface area is 99.5 Å². The summed E-state index contributed by atoms with van der Waals surface area (Å²) in [6.45, 7) is 5.67. The molecular weight excluding hydrogens is 220 g/mol. The first-order chi connectivity index (χ1) is 8.11. The normalized spacial score (nSPS) is 9.65. The molecule has 0 saturated heterocycles. The van der Waals surface area contributed by atoms with Crippen molar-refractivity contribution < 1.29 is 14.3 Å². The van der Waals surface area contributed by atoms with E-state index in [1.54, 1.807) is 19.1 Å². The first-order valence-electron chi connectivity index (χ1n) is 5.43. The second-order valence-electron chi connectivity index (χ2n) is 3.28. The summed E-state index contributed by atoms with van der Waals surface area (Å²) in [5, 5.41) is 10.2. The molecule has 4 heteroatoms. The number of phenols is 1. The monoisotopic (exact) mass is 236 g/mol. The van der Waals surface area contributed by atoms with Crippen molar-refractivity contribution in [3.8, 4) is 11.5 Å². The maximum atomic E-state index is 11.2. The number of hydrogen-bond acceptors (Lipinski definition) is 4. The SMILES string of the molecule is CC.COc1cc2cc(C)c(=O)oc2cc1O. The van der Waals surface area contributed by atoms with Gasteiger partial charge in [-0.15, -0.1) is 0 Å². The molecule has 1 aromatic carbocycles. The number of aromatic hydroxyl groups is 1. The predicted octanol–water partition coefficient (Wildman–Crippen LogP) is 2.84. The van der Waals surface area contributed by atoms with E-state index in [1.807, 2.05) is 13.8 Å².